The lowest BCUT2D eigenvalue weighted by atomic mass is 9.81. The molecule has 1 unspecified atom stereocenters. The number of allylic oxidation sites excluding steroid dienone is 1. The number of ether oxygens (including phenoxy) is 1. The Hall–Kier alpha value is -0.460. The van der Waals surface area contributed by atoms with Crippen LogP contribution in [0.25, 0.3) is 0 Å². The summed E-state index contributed by atoms with van der Waals surface area (Å²) in [4.78, 5) is 0. The average molecular weight is 196 g/mol. The molecule has 1 saturated carbocycles. The lowest BCUT2D eigenvalue weighted by molar-refractivity contribution is 0.310. The first-order valence-electron chi connectivity index (χ1n) is 5.95. The third-order valence-electron chi connectivity index (χ3n) is 3.15. The van der Waals surface area contributed by atoms with Crippen LogP contribution in [-0.2, 0) is 4.74 Å². The summed E-state index contributed by atoms with van der Waals surface area (Å²) in [6.45, 7) is 4.62. The summed E-state index contributed by atoms with van der Waals surface area (Å²) in [7, 11) is 1.76. The number of hydrogen-bond donors (Lipinski definition) is 0. The van der Waals surface area contributed by atoms with E-state index < -0.39 is 0 Å². The van der Waals surface area contributed by atoms with Gasteiger partial charge >= 0.3 is 0 Å². The van der Waals surface area contributed by atoms with Crippen LogP contribution in [0.15, 0.2) is 11.8 Å². The number of methoxy groups -OCH3 is 1. The van der Waals surface area contributed by atoms with Gasteiger partial charge in [0.2, 0.25) is 0 Å². The monoisotopic (exact) mass is 196 g/mol. The summed E-state index contributed by atoms with van der Waals surface area (Å²) in [5, 5.41) is 0. The van der Waals surface area contributed by atoms with Gasteiger partial charge in [0.1, 0.15) is 0 Å². The van der Waals surface area contributed by atoms with Crippen LogP contribution in [0.4, 0.5) is 0 Å². The number of rotatable bonds is 4. The van der Waals surface area contributed by atoms with Gasteiger partial charge in [0.25, 0.3) is 0 Å². The summed E-state index contributed by atoms with van der Waals surface area (Å²) in [5.41, 5.74) is 1.56. The molecule has 1 atom stereocenters. The smallest absolute Gasteiger partial charge is 0.0819 e. The van der Waals surface area contributed by atoms with Crippen molar-refractivity contribution in [2.24, 2.45) is 11.8 Å². The van der Waals surface area contributed by atoms with Crippen molar-refractivity contribution in [3.63, 3.8) is 0 Å². The molecule has 1 aliphatic rings. The second-order valence-corrected chi connectivity index (χ2v) is 4.84. The molecule has 0 bridgehead atoms. The van der Waals surface area contributed by atoms with E-state index in [0.29, 0.717) is 0 Å². The van der Waals surface area contributed by atoms with E-state index in [9.17, 15) is 0 Å². The maximum Gasteiger partial charge on any atom is 0.0819 e. The Morgan fingerprint density at radius 2 is 2.21 bits per heavy atom. The fraction of sp³-hybridized carbons (Fsp3) is 0.846. The predicted octanol–water partition coefficient (Wildman–Crippen LogP) is 4.14. The van der Waals surface area contributed by atoms with Crippen molar-refractivity contribution in [2.75, 3.05) is 7.11 Å². The van der Waals surface area contributed by atoms with Gasteiger partial charge in [-0.1, -0.05) is 26.7 Å². The van der Waals surface area contributed by atoms with Gasteiger partial charge in [-0.2, -0.15) is 0 Å². The molecule has 0 amide bonds. The van der Waals surface area contributed by atoms with E-state index in [2.05, 4.69) is 13.8 Å². The SMILES string of the molecule is CO/C=C1/CCCCC1CCC(C)C. The van der Waals surface area contributed by atoms with E-state index in [-0.39, 0.29) is 0 Å². The Bertz CT molecular complexity index is 182. The maximum atomic E-state index is 5.16. The molecule has 0 heterocycles. The van der Waals surface area contributed by atoms with Crippen LogP contribution in [-0.4, -0.2) is 7.11 Å². The molecule has 0 spiro atoms. The molecule has 0 aromatic heterocycles. The highest BCUT2D eigenvalue weighted by Gasteiger charge is 2.19. The second kappa shape index (κ2) is 6.10. The van der Waals surface area contributed by atoms with Crippen molar-refractivity contribution in [3.05, 3.63) is 11.8 Å². The van der Waals surface area contributed by atoms with Gasteiger partial charge in [0.05, 0.1) is 13.4 Å². The third kappa shape index (κ3) is 3.73. The lowest BCUT2D eigenvalue weighted by Crippen LogP contribution is -2.11. The first-order chi connectivity index (χ1) is 6.74. The van der Waals surface area contributed by atoms with Gasteiger partial charge in [0.15, 0.2) is 0 Å². The Balaban J connectivity index is 2.42. The molecule has 14 heavy (non-hydrogen) atoms. The van der Waals surface area contributed by atoms with E-state index in [1.165, 1.54) is 38.5 Å². The molecule has 0 radical (unpaired) electrons. The highest BCUT2D eigenvalue weighted by atomic mass is 16.5. The molecule has 0 aliphatic heterocycles. The summed E-state index contributed by atoms with van der Waals surface area (Å²) in [6, 6.07) is 0. The molecule has 1 rings (SSSR count). The standard InChI is InChI=1S/C13H24O/c1-11(2)8-9-12-6-4-5-7-13(12)10-14-3/h10-12H,4-9H2,1-3H3/b13-10-. The maximum absolute atomic E-state index is 5.16. The van der Waals surface area contributed by atoms with Gasteiger partial charge in [-0.05, 0) is 43.1 Å². The summed E-state index contributed by atoms with van der Waals surface area (Å²) in [5.74, 6) is 1.65. The molecule has 82 valence electrons. The van der Waals surface area contributed by atoms with Gasteiger partial charge in [-0.15, -0.1) is 0 Å². The molecular formula is C13H24O. The van der Waals surface area contributed by atoms with E-state index in [0.717, 1.165) is 11.8 Å². The van der Waals surface area contributed by atoms with Crippen LogP contribution in [0.2, 0.25) is 0 Å². The third-order valence-corrected chi connectivity index (χ3v) is 3.15. The molecule has 1 nitrogen and oxygen atoms in total. The fourth-order valence-corrected chi connectivity index (χ4v) is 2.28. The van der Waals surface area contributed by atoms with Crippen molar-refractivity contribution >= 4 is 0 Å². The van der Waals surface area contributed by atoms with Crippen molar-refractivity contribution in [3.8, 4) is 0 Å². The Morgan fingerprint density at radius 1 is 1.43 bits per heavy atom. The largest absolute Gasteiger partial charge is 0.504 e. The van der Waals surface area contributed by atoms with E-state index in [1.54, 1.807) is 12.7 Å². The first-order valence-corrected chi connectivity index (χ1v) is 5.95. The van der Waals surface area contributed by atoms with Crippen LogP contribution in [0.5, 0.6) is 0 Å². The Morgan fingerprint density at radius 3 is 2.86 bits per heavy atom. The summed E-state index contributed by atoms with van der Waals surface area (Å²) >= 11 is 0. The van der Waals surface area contributed by atoms with Gasteiger partial charge in [-0.3, -0.25) is 0 Å². The fourth-order valence-electron chi connectivity index (χ4n) is 2.28. The molecule has 0 N–H and O–H groups in total. The lowest BCUT2D eigenvalue weighted by Gasteiger charge is -2.25. The zero-order valence-corrected chi connectivity index (χ0v) is 9.88. The highest BCUT2D eigenvalue weighted by Crippen LogP contribution is 2.33. The Labute approximate surface area is 88.5 Å². The quantitative estimate of drug-likeness (QED) is 0.614. The molecular weight excluding hydrogens is 172 g/mol. The minimum atomic E-state index is 0.811. The predicted molar refractivity (Wildman–Crippen MR) is 61.1 cm³/mol. The van der Waals surface area contributed by atoms with Crippen molar-refractivity contribution < 1.29 is 4.74 Å². The normalized spacial score (nSPS) is 25.7. The highest BCUT2D eigenvalue weighted by molar-refractivity contribution is 5.06. The topological polar surface area (TPSA) is 9.23 Å². The zero-order valence-electron chi connectivity index (χ0n) is 9.88. The van der Waals surface area contributed by atoms with Gasteiger partial charge in [-0.25, -0.2) is 0 Å². The van der Waals surface area contributed by atoms with E-state index in [1.807, 2.05) is 6.26 Å². The van der Waals surface area contributed by atoms with Gasteiger partial charge in [0, 0.05) is 0 Å². The van der Waals surface area contributed by atoms with Crippen LogP contribution < -0.4 is 0 Å². The summed E-state index contributed by atoms with van der Waals surface area (Å²) < 4.78 is 5.16. The van der Waals surface area contributed by atoms with Gasteiger partial charge < -0.3 is 4.74 Å². The first kappa shape index (κ1) is 11.6. The molecule has 0 aromatic carbocycles. The Kier molecular flexibility index (Phi) is 5.06. The van der Waals surface area contributed by atoms with Crippen molar-refractivity contribution in [1.29, 1.82) is 0 Å². The van der Waals surface area contributed by atoms with Crippen LogP contribution in [0.1, 0.15) is 52.4 Å². The number of hydrogen-bond acceptors (Lipinski definition) is 1. The summed E-state index contributed by atoms with van der Waals surface area (Å²) in [6.07, 6.45) is 10.1. The van der Waals surface area contributed by atoms with Crippen molar-refractivity contribution in [1.82, 2.24) is 0 Å². The minimum absolute atomic E-state index is 0.811. The second-order valence-electron chi connectivity index (χ2n) is 4.84. The molecule has 0 aromatic rings. The van der Waals surface area contributed by atoms with Crippen LogP contribution in [0, 0.1) is 11.8 Å². The molecule has 1 heteroatoms. The van der Waals surface area contributed by atoms with Crippen molar-refractivity contribution in [2.45, 2.75) is 52.4 Å². The molecule has 0 saturated heterocycles. The van der Waals surface area contributed by atoms with E-state index >= 15 is 0 Å². The van der Waals surface area contributed by atoms with Crippen LogP contribution >= 0.6 is 0 Å². The minimum Gasteiger partial charge on any atom is -0.504 e. The zero-order chi connectivity index (χ0) is 10.4. The molecule has 1 aliphatic carbocycles. The van der Waals surface area contributed by atoms with E-state index in [4.69, 9.17) is 4.74 Å². The van der Waals surface area contributed by atoms with Crippen LogP contribution in [0.3, 0.4) is 0 Å². The average Bonchev–Trinajstić information content (AvgIpc) is 2.17. The molecule has 1 fully saturated rings.